The van der Waals surface area contributed by atoms with Gasteiger partial charge in [0.2, 0.25) is 0 Å². The molecule has 0 atom stereocenters. The highest BCUT2D eigenvalue weighted by Crippen LogP contribution is 2.06. The van der Waals surface area contributed by atoms with E-state index in [1.54, 1.807) is 0 Å². The van der Waals surface area contributed by atoms with Crippen LogP contribution >= 0.6 is 0 Å². The van der Waals surface area contributed by atoms with Gasteiger partial charge < -0.3 is 5.32 Å². The third kappa shape index (κ3) is 6.35. The summed E-state index contributed by atoms with van der Waals surface area (Å²) in [6.45, 7) is 9.15. The van der Waals surface area contributed by atoms with Gasteiger partial charge >= 0.3 is 0 Å². The highest BCUT2D eigenvalue weighted by atomic mass is 14.8. The highest BCUT2D eigenvalue weighted by molar-refractivity contribution is 5.25. The fourth-order valence-electron chi connectivity index (χ4n) is 0.936. The molecule has 0 radical (unpaired) electrons. The molecule has 0 aliphatic carbocycles. The van der Waals surface area contributed by atoms with Crippen LogP contribution in [0, 0.1) is 0 Å². The minimum absolute atomic E-state index is 1.03. The van der Waals surface area contributed by atoms with Gasteiger partial charge in [0.15, 0.2) is 0 Å². The molecule has 0 amide bonds. The summed E-state index contributed by atoms with van der Waals surface area (Å²) in [4.78, 5) is 0. The first-order chi connectivity index (χ1) is 6.24. The predicted octanol–water partition coefficient (Wildman–Crippen LogP) is 3.06. The molecule has 0 heterocycles. The fourth-order valence-corrected chi connectivity index (χ4v) is 0.936. The van der Waals surface area contributed by atoms with Gasteiger partial charge in [-0.25, -0.2) is 0 Å². The van der Waals surface area contributed by atoms with Crippen molar-refractivity contribution in [2.24, 2.45) is 0 Å². The van der Waals surface area contributed by atoms with Crippen molar-refractivity contribution >= 4 is 0 Å². The van der Waals surface area contributed by atoms with Gasteiger partial charge in [-0.3, -0.25) is 0 Å². The second kappa shape index (κ2) is 7.81. The van der Waals surface area contributed by atoms with Crippen molar-refractivity contribution < 1.29 is 0 Å². The van der Waals surface area contributed by atoms with Gasteiger partial charge in [-0.2, -0.15) is 0 Å². The van der Waals surface area contributed by atoms with Crippen molar-refractivity contribution in [1.82, 2.24) is 5.32 Å². The van der Waals surface area contributed by atoms with Crippen molar-refractivity contribution in [3.8, 4) is 0 Å². The molecule has 0 unspecified atom stereocenters. The molecular formula is C12H21N. The topological polar surface area (TPSA) is 12.0 Å². The van der Waals surface area contributed by atoms with E-state index in [1.807, 2.05) is 7.05 Å². The van der Waals surface area contributed by atoms with Gasteiger partial charge in [-0.1, -0.05) is 42.9 Å². The average molecular weight is 179 g/mol. The van der Waals surface area contributed by atoms with E-state index in [4.69, 9.17) is 0 Å². The Bertz CT molecular complexity index is 199. The Hall–Kier alpha value is -0.820. The average Bonchev–Trinajstić information content (AvgIpc) is 2.17. The van der Waals surface area contributed by atoms with E-state index in [1.165, 1.54) is 11.1 Å². The minimum Gasteiger partial charge on any atom is -0.319 e. The van der Waals surface area contributed by atoms with E-state index in [9.17, 15) is 0 Å². The number of rotatable bonds is 6. The first-order valence-electron chi connectivity index (χ1n) is 4.90. The van der Waals surface area contributed by atoms with E-state index >= 15 is 0 Å². The SMILES string of the molecule is C=C(C=CC(=CC)CCNC)CC. The molecule has 1 N–H and O–H groups in total. The maximum Gasteiger partial charge on any atom is -0.00115 e. The lowest BCUT2D eigenvalue weighted by Crippen LogP contribution is -2.07. The molecule has 0 aliphatic heterocycles. The maximum absolute atomic E-state index is 3.93. The number of hydrogen-bond acceptors (Lipinski definition) is 1. The molecule has 0 bridgehead atoms. The van der Waals surface area contributed by atoms with Crippen LogP contribution in [-0.2, 0) is 0 Å². The molecule has 0 fully saturated rings. The predicted molar refractivity (Wildman–Crippen MR) is 60.9 cm³/mol. The van der Waals surface area contributed by atoms with E-state index < -0.39 is 0 Å². The van der Waals surface area contributed by atoms with Crippen LogP contribution in [0.5, 0.6) is 0 Å². The highest BCUT2D eigenvalue weighted by Gasteiger charge is 1.90. The lowest BCUT2D eigenvalue weighted by molar-refractivity contribution is 0.793. The second-order valence-corrected chi connectivity index (χ2v) is 3.06. The summed E-state index contributed by atoms with van der Waals surface area (Å²) in [5.41, 5.74) is 2.55. The molecule has 0 aliphatic rings. The van der Waals surface area contributed by atoms with E-state index in [0.717, 1.165) is 19.4 Å². The summed E-state index contributed by atoms with van der Waals surface area (Å²) in [5.74, 6) is 0. The second-order valence-electron chi connectivity index (χ2n) is 3.06. The fraction of sp³-hybridized carbons (Fsp3) is 0.500. The van der Waals surface area contributed by atoms with Gasteiger partial charge in [-0.05, 0) is 33.4 Å². The maximum atomic E-state index is 3.93. The van der Waals surface area contributed by atoms with Gasteiger partial charge in [0.05, 0.1) is 0 Å². The van der Waals surface area contributed by atoms with Crippen molar-refractivity contribution in [3.63, 3.8) is 0 Å². The Labute approximate surface area is 82.2 Å². The van der Waals surface area contributed by atoms with Crippen molar-refractivity contribution in [3.05, 3.63) is 36.0 Å². The van der Waals surface area contributed by atoms with Crippen LogP contribution in [0.2, 0.25) is 0 Å². The zero-order valence-electron chi connectivity index (χ0n) is 9.06. The summed E-state index contributed by atoms with van der Waals surface area (Å²) >= 11 is 0. The standard InChI is InChI=1S/C12H21N/c1-5-11(3)7-8-12(6-2)9-10-13-4/h6-8,13H,3,5,9-10H2,1-2,4H3. The Morgan fingerprint density at radius 2 is 2.08 bits per heavy atom. The van der Waals surface area contributed by atoms with Crippen LogP contribution in [0.3, 0.4) is 0 Å². The molecule has 0 saturated heterocycles. The Morgan fingerprint density at radius 3 is 2.54 bits per heavy atom. The molecule has 74 valence electrons. The lowest BCUT2D eigenvalue weighted by atomic mass is 10.1. The molecule has 0 aromatic heterocycles. The van der Waals surface area contributed by atoms with E-state index in [0.29, 0.717) is 0 Å². The summed E-state index contributed by atoms with van der Waals surface area (Å²) in [5, 5.41) is 3.14. The smallest absolute Gasteiger partial charge is 0.00115 e. The molecule has 1 nitrogen and oxygen atoms in total. The molecule has 0 aromatic carbocycles. The van der Waals surface area contributed by atoms with E-state index in [2.05, 4.69) is 44.0 Å². The monoisotopic (exact) mass is 179 g/mol. The van der Waals surface area contributed by atoms with Crippen molar-refractivity contribution in [2.45, 2.75) is 26.7 Å². The van der Waals surface area contributed by atoms with Crippen LogP contribution in [0.25, 0.3) is 0 Å². The van der Waals surface area contributed by atoms with Gasteiger partial charge in [0.1, 0.15) is 0 Å². The Kier molecular flexibility index (Phi) is 7.32. The first-order valence-corrected chi connectivity index (χ1v) is 4.90. The van der Waals surface area contributed by atoms with E-state index in [-0.39, 0.29) is 0 Å². The van der Waals surface area contributed by atoms with Crippen LogP contribution < -0.4 is 5.32 Å². The van der Waals surface area contributed by atoms with Crippen molar-refractivity contribution in [2.75, 3.05) is 13.6 Å². The molecule has 1 heteroatoms. The van der Waals surface area contributed by atoms with Gasteiger partial charge in [0, 0.05) is 0 Å². The van der Waals surface area contributed by atoms with Gasteiger partial charge in [-0.15, -0.1) is 0 Å². The van der Waals surface area contributed by atoms with Crippen molar-refractivity contribution in [1.29, 1.82) is 0 Å². The summed E-state index contributed by atoms with van der Waals surface area (Å²) < 4.78 is 0. The largest absolute Gasteiger partial charge is 0.319 e. The van der Waals surface area contributed by atoms with Crippen LogP contribution in [-0.4, -0.2) is 13.6 Å². The molecule has 0 spiro atoms. The molecule has 0 rings (SSSR count). The first kappa shape index (κ1) is 12.2. The normalized spacial score (nSPS) is 12.4. The Balaban J connectivity index is 3.98. The van der Waals surface area contributed by atoms with Crippen LogP contribution in [0.15, 0.2) is 36.0 Å². The zero-order chi connectivity index (χ0) is 10.1. The minimum atomic E-state index is 1.03. The quantitative estimate of drug-likeness (QED) is 0.618. The third-order valence-corrected chi connectivity index (χ3v) is 2.02. The summed E-state index contributed by atoms with van der Waals surface area (Å²) in [6.07, 6.45) is 8.52. The zero-order valence-corrected chi connectivity index (χ0v) is 9.06. The number of hydrogen-bond donors (Lipinski definition) is 1. The summed E-state index contributed by atoms with van der Waals surface area (Å²) in [7, 11) is 1.97. The molecule has 13 heavy (non-hydrogen) atoms. The summed E-state index contributed by atoms with van der Waals surface area (Å²) in [6, 6.07) is 0. The number of allylic oxidation sites excluding steroid dienone is 4. The van der Waals surface area contributed by atoms with Gasteiger partial charge in [0.25, 0.3) is 0 Å². The molecule has 0 aromatic rings. The molecule has 0 saturated carbocycles. The number of nitrogens with one attached hydrogen (secondary N) is 1. The lowest BCUT2D eigenvalue weighted by Gasteiger charge is -2.00. The Morgan fingerprint density at radius 1 is 1.38 bits per heavy atom. The molecular weight excluding hydrogens is 158 g/mol. The van der Waals surface area contributed by atoms with Crippen LogP contribution in [0.1, 0.15) is 26.7 Å². The third-order valence-electron chi connectivity index (χ3n) is 2.02. The van der Waals surface area contributed by atoms with Crippen LogP contribution in [0.4, 0.5) is 0 Å².